The summed E-state index contributed by atoms with van der Waals surface area (Å²) in [6, 6.07) is 0. The van der Waals surface area contributed by atoms with Crippen LogP contribution in [-0.4, -0.2) is 40.4 Å². The number of carbonyl (C=O) groups excluding carboxylic acids is 1. The summed E-state index contributed by atoms with van der Waals surface area (Å²) in [6.45, 7) is 15.0. The first kappa shape index (κ1) is 29.7. The number of rotatable bonds is 10. The van der Waals surface area contributed by atoms with Crippen LogP contribution in [0.15, 0.2) is 46.6 Å². The topological polar surface area (TPSA) is 77.8 Å². The molecule has 198 valence electrons. The standard InChI is InChI=1S/C31H50O4/c1-22(12-15-27-23(2)13-14-25(4)29(27,5)6)10-8-17-31(21-34)28(11-9-19-32)26(24(3)20-33)16-18-30(31,7)35/h10,12-13,15,20,25,27-28,32,34-35H,8-9,11,14,16-19,21H2,1-7H3/b15-12+,22-10-,26-24-/t25-,27+,28+,30-,31+/m0/s1. The molecule has 35 heavy (non-hydrogen) atoms. The summed E-state index contributed by atoms with van der Waals surface area (Å²) >= 11 is 0. The molecule has 0 heterocycles. The van der Waals surface area contributed by atoms with Gasteiger partial charge in [0.15, 0.2) is 0 Å². The van der Waals surface area contributed by atoms with Crippen molar-refractivity contribution in [3.05, 3.63) is 46.6 Å². The van der Waals surface area contributed by atoms with E-state index in [0.717, 1.165) is 24.7 Å². The van der Waals surface area contributed by atoms with E-state index in [-0.39, 0.29) is 24.5 Å². The highest BCUT2D eigenvalue weighted by Crippen LogP contribution is 2.55. The minimum atomic E-state index is -1.05. The van der Waals surface area contributed by atoms with Crippen molar-refractivity contribution in [2.24, 2.45) is 28.6 Å². The molecule has 0 aromatic heterocycles. The third-order valence-electron chi connectivity index (χ3n) is 9.62. The molecular formula is C31H50O4. The summed E-state index contributed by atoms with van der Waals surface area (Å²) in [4.78, 5) is 11.6. The molecule has 4 nitrogen and oxygen atoms in total. The van der Waals surface area contributed by atoms with Gasteiger partial charge in [0.1, 0.15) is 6.29 Å². The van der Waals surface area contributed by atoms with Crippen LogP contribution in [-0.2, 0) is 4.79 Å². The molecule has 0 aliphatic heterocycles. The first-order valence-electron chi connectivity index (χ1n) is 13.5. The van der Waals surface area contributed by atoms with Crippen molar-refractivity contribution in [3.8, 4) is 0 Å². The molecule has 5 atom stereocenters. The highest BCUT2D eigenvalue weighted by Gasteiger charge is 2.55. The van der Waals surface area contributed by atoms with E-state index in [0.29, 0.717) is 49.5 Å². The first-order valence-corrected chi connectivity index (χ1v) is 13.5. The summed E-state index contributed by atoms with van der Waals surface area (Å²) in [7, 11) is 0. The van der Waals surface area contributed by atoms with E-state index >= 15 is 0 Å². The van der Waals surface area contributed by atoms with Crippen molar-refractivity contribution in [2.75, 3.05) is 13.2 Å². The van der Waals surface area contributed by atoms with Crippen LogP contribution in [0.3, 0.4) is 0 Å². The maximum Gasteiger partial charge on any atom is 0.145 e. The maximum atomic E-state index is 11.6. The normalized spacial score (nSPS) is 35.2. The molecule has 0 spiro atoms. The largest absolute Gasteiger partial charge is 0.396 e. The van der Waals surface area contributed by atoms with Gasteiger partial charge < -0.3 is 15.3 Å². The van der Waals surface area contributed by atoms with Crippen LogP contribution in [0, 0.1) is 28.6 Å². The smallest absolute Gasteiger partial charge is 0.145 e. The monoisotopic (exact) mass is 486 g/mol. The Morgan fingerprint density at radius 2 is 1.89 bits per heavy atom. The molecule has 0 saturated heterocycles. The van der Waals surface area contributed by atoms with Gasteiger partial charge in [-0.15, -0.1) is 0 Å². The predicted octanol–water partition coefficient (Wildman–Crippen LogP) is 6.33. The summed E-state index contributed by atoms with van der Waals surface area (Å²) in [5.74, 6) is 0.922. The number of hydrogen-bond donors (Lipinski definition) is 3. The van der Waals surface area contributed by atoms with Crippen molar-refractivity contribution in [1.82, 2.24) is 0 Å². The van der Waals surface area contributed by atoms with Gasteiger partial charge in [-0.2, -0.15) is 0 Å². The van der Waals surface area contributed by atoms with Crippen LogP contribution in [0.2, 0.25) is 0 Å². The minimum Gasteiger partial charge on any atom is -0.396 e. The van der Waals surface area contributed by atoms with Crippen LogP contribution < -0.4 is 0 Å². The SMILES string of the molecule is CC1=CC[C@H](C)C(C)(C)[C@@H]1/C=C/C(C)=C\CC[C@@]1(CO)[C@H](CCCO)/C(=C(/C)C=O)CC[C@]1(C)O. The lowest BCUT2D eigenvalue weighted by atomic mass is 9.53. The second kappa shape index (κ2) is 12.2. The predicted molar refractivity (Wildman–Crippen MR) is 145 cm³/mol. The number of aliphatic hydroxyl groups is 3. The Balaban J connectivity index is 2.28. The minimum absolute atomic E-state index is 0.0569. The van der Waals surface area contributed by atoms with Gasteiger partial charge in [0, 0.05) is 17.9 Å². The van der Waals surface area contributed by atoms with E-state index < -0.39 is 11.0 Å². The number of hydrogen-bond acceptors (Lipinski definition) is 4. The zero-order chi connectivity index (χ0) is 26.4. The van der Waals surface area contributed by atoms with Crippen molar-refractivity contribution < 1.29 is 20.1 Å². The molecule has 0 amide bonds. The van der Waals surface area contributed by atoms with Crippen molar-refractivity contribution in [3.63, 3.8) is 0 Å². The van der Waals surface area contributed by atoms with Gasteiger partial charge in [-0.05, 0) is 95.5 Å². The van der Waals surface area contributed by atoms with Gasteiger partial charge in [-0.3, -0.25) is 4.79 Å². The highest BCUT2D eigenvalue weighted by atomic mass is 16.3. The summed E-state index contributed by atoms with van der Waals surface area (Å²) in [6.07, 6.45) is 14.9. The van der Waals surface area contributed by atoms with E-state index in [1.165, 1.54) is 11.1 Å². The molecule has 3 N–H and O–H groups in total. The third-order valence-corrected chi connectivity index (χ3v) is 9.62. The molecule has 0 aromatic rings. The third kappa shape index (κ3) is 6.26. The Morgan fingerprint density at radius 1 is 1.20 bits per heavy atom. The van der Waals surface area contributed by atoms with Crippen LogP contribution in [0.25, 0.3) is 0 Å². The van der Waals surface area contributed by atoms with Gasteiger partial charge in [0.25, 0.3) is 0 Å². The second-order valence-corrected chi connectivity index (χ2v) is 12.1. The summed E-state index contributed by atoms with van der Waals surface area (Å²) < 4.78 is 0. The summed E-state index contributed by atoms with van der Waals surface area (Å²) in [5, 5.41) is 31.7. The van der Waals surface area contributed by atoms with Gasteiger partial charge in [-0.1, -0.05) is 61.8 Å². The van der Waals surface area contributed by atoms with Gasteiger partial charge in [-0.25, -0.2) is 0 Å². The Hall–Kier alpha value is -1.49. The van der Waals surface area contributed by atoms with Gasteiger partial charge >= 0.3 is 0 Å². The highest BCUT2D eigenvalue weighted by molar-refractivity contribution is 5.74. The first-order chi connectivity index (χ1) is 16.4. The van der Waals surface area contributed by atoms with Crippen LogP contribution >= 0.6 is 0 Å². The average Bonchev–Trinajstić information content (AvgIpc) is 2.80. The average molecular weight is 487 g/mol. The molecule has 2 aliphatic carbocycles. The molecule has 1 fully saturated rings. The zero-order valence-corrected chi connectivity index (χ0v) is 23.2. The van der Waals surface area contributed by atoms with Crippen LogP contribution in [0.5, 0.6) is 0 Å². The lowest BCUT2D eigenvalue weighted by Gasteiger charge is -2.54. The summed E-state index contributed by atoms with van der Waals surface area (Å²) in [5.41, 5.74) is 2.77. The molecule has 2 aliphatic rings. The molecule has 4 heteroatoms. The quantitative estimate of drug-likeness (QED) is 0.146. The van der Waals surface area contributed by atoms with Crippen LogP contribution in [0.4, 0.5) is 0 Å². The molecule has 0 aromatic carbocycles. The molecule has 0 bridgehead atoms. The molecule has 0 radical (unpaired) electrons. The fraction of sp³-hybridized carbons (Fsp3) is 0.710. The van der Waals surface area contributed by atoms with Gasteiger partial charge in [0.2, 0.25) is 0 Å². The zero-order valence-electron chi connectivity index (χ0n) is 23.2. The number of carbonyl (C=O) groups is 1. The Bertz CT molecular complexity index is 857. The van der Waals surface area contributed by atoms with Crippen molar-refractivity contribution in [1.29, 1.82) is 0 Å². The van der Waals surface area contributed by atoms with E-state index in [1.54, 1.807) is 0 Å². The molecule has 0 unspecified atom stereocenters. The van der Waals surface area contributed by atoms with Gasteiger partial charge in [0.05, 0.1) is 12.2 Å². The molecule has 2 rings (SSSR count). The van der Waals surface area contributed by atoms with Crippen LogP contribution in [0.1, 0.15) is 93.4 Å². The van der Waals surface area contributed by atoms with Crippen molar-refractivity contribution >= 4 is 6.29 Å². The lowest BCUT2D eigenvalue weighted by molar-refractivity contribution is -0.146. The van der Waals surface area contributed by atoms with E-state index in [9.17, 15) is 20.1 Å². The number of aldehydes is 1. The van der Waals surface area contributed by atoms with E-state index in [1.807, 2.05) is 13.8 Å². The van der Waals surface area contributed by atoms with E-state index in [2.05, 4.69) is 58.9 Å². The second-order valence-electron chi connectivity index (χ2n) is 12.1. The fourth-order valence-corrected chi connectivity index (χ4v) is 6.57. The Kier molecular flexibility index (Phi) is 10.3. The number of aliphatic hydroxyl groups excluding tert-OH is 2. The molecule has 1 saturated carbocycles. The van der Waals surface area contributed by atoms with Crippen molar-refractivity contribution in [2.45, 2.75) is 99.0 Å². The fourth-order valence-electron chi connectivity index (χ4n) is 6.57. The lowest BCUT2D eigenvalue weighted by Crippen LogP contribution is -2.56. The Morgan fingerprint density at radius 3 is 2.49 bits per heavy atom. The number of allylic oxidation sites excluding steroid dienone is 8. The maximum absolute atomic E-state index is 11.6. The Labute approximate surface area is 213 Å². The van der Waals surface area contributed by atoms with E-state index in [4.69, 9.17) is 0 Å². The molecular weight excluding hydrogens is 436 g/mol.